The van der Waals surface area contributed by atoms with Gasteiger partial charge in [0, 0.05) is 16.6 Å². The van der Waals surface area contributed by atoms with Crippen LogP contribution in [0.2, 0.25) is 0 Å². The number of rotatable bonds is 2. The average Bonchev–Trinajstić information content (AvgIpc) is 2.92. The van der Waals surface area contributed by atoms with Crippen LogP contribution < -0.4 is 10.6 Å². The molecule has 0 saturated carbocycles. The van der Waals surface area contributed by atoms with Crippen molar-refractivity contribution in [1.29, 1.82) is 0 Å². The van der Waals surface area contributed by atoms with Gasteiger partial charge in [0.1, 0.15) is 5.58 Å². The van der Waals surface area contributed by atoms with E-state index in [0.29, 0.717) is 11.1 Å². The summed E-state index contributed by atoms with van der Waals surface area (Å²) in [5, 5.41) is 5.65. The summed E-state index contributed by atoms with van der Waals surface area (Å²) in [5.74, 6) is -0.484. The Labute approximate surface area is 152 Å². The van der Waals surface area contributed by atoms with Crippen molar-refractivity contribution in [2.24, 2.45) is 0 Å². The van der Waals surface area contributed by atoms with Crippen molar-refractivity contribution in [1.82, 2.24) is 5.32 Å². The molecule has 0 spiro atoms. The third-order valence-corrected chi connectivity index (χ3v) is 3.93. The molecule has 1 aromatic heterocycles. The molecule has 3 aromatic rings. The summed E-state index contributed by atoms with van der Waals surface area (Å²) in [5.41, 5.74) is 0.517. The lowest BCUT2D eigenvalue weighted by atomic mass is 10.1. The first-order valence-electron chi connectivity index (χ1n) is 7.53. The molecule has 8 heteroatoms. The first-order chi connectivity index (χ1) is 12.3. The third-order valence-electron chi connectivity index (χ3n) is 3.72. The van der Waals surface area contributed by atoms with E-state index >= 15 is 0 Å². The standard InChI is InChI=1S/C18H13F3N2O2S/c1-10-13-7-2-3-8-14(13)25-15(10)16(24)23-17(26)22-12-6-4-5-11(9-12)18(19,20)21/h2-9H,1H3,(H2,22,23,24,26). The maximum absolute atomic E-state index is 12.7. The largest absolute Gasteiger partial charge is 0.451 e. The van der Waals surface area contributed by atoms with Crippen molar-refractivity contribution in [3.05, 3.63) is 65.4 Å². The van der Waals surface area contributed by atoms with E-state index in [0.717, 1.165) is 17.5 Å². The summed E-state index contributed by atoms with van der Waals surface area (Å²) in [6.07, 6.45) is -4.46. The maximum atomic E-state index is 12.7. The topological polar surface area (TPSA) is 54.3 Å². The Kier molecular flexibility index (Phi) is 4.69. The van der Waals surface area contributed by atoms with Gasteiger partial charge in [-0.05, 0) is 43.4 Å². The minimum absolute atomic E-state index is 0.0967. The molecule has 3 rings (SSSR count). The van der Waals surface area contributed by atoms with Crippen molar-refractivity contribution in [2.75, 3.05) is 5.32 Å². The van der Waals surface area contributed by atoms with Crippen molar-refractivity contribution in [3.63, 3.8) is 0 Å². The Bertz CT molecular complexity index is 996. The summed E-state index contributed by atoms with van der Waals surface area (Å²) in [4.78, 5) is 12.3. The Hall–Kier alpha value is -2.87. The van der Waals surface area contributed by atoms with Gasteiger partial charge in [0.25, 0.3) is 5.91 Å². The smallest absolute Gasteiger partial charge is 0.416 e. The zero-order chi connectivity index (χ0) is 18.9. The molecule has 2 N–H and O–H groups in total. The predicted octanol–water partition coefficient (Wildman–Crippen LogP) is 4.89. The van der Waals surface area contributed by atoms with E-state index in [1.165, 1.54) is 12.1 Å². The molecule has 1 heterocycles. The highest BCUT2D eigenvalue weighted by Gasteiger charge is 2.30. The van der Waals surface area contributed by atoms with E-state index in [4.69, 9.17) is 16.6 Å². The molecular weight excluding hydrogens is 365 g/mol. The van der Waals surface area contributed by atoms with Gasteiger partial charge in [-0.3, -0.25) is 10.1 Å². The lowest BCUT2D eigenvalue weighted by Crippen LogP contribution is -2.34. The monoisotopic (exact) mass is 378 g/mol. The number of aryl methyl sites for hydroxylation is 1. The number of alkyl halides is 3. The van der Waals surface area contributed by atoms with Crippen molar-refractivity contribution >= 4 is 39.9 Å². The summed E-state index contributed by atoms with van der Waals surface area (Å²) in [6.45, 7) is 1.74. The number of amides is 1. The van der Waals surface area contributed by atoms with Crippen molar-refractivity contribution in [2.45, 2.75) is 13.1 Å². The minimum atomic E-state index is -4.46. The molecule has 1 amide bonds. The van der Waals surface area contributed by atoms with Gasteiger partial charge in [0.2, 0.25) is 0 Å². The molecule has 0 fully saturated rings. The van der Waals surface area contributed by atoms with E-state index in [9.17, 15) is 18.0 Å². The molecule has 0 atom stereocenters. The first-order valence-corrected chi connectivity index (χ1v) is 7.94. The molecule has 26 heavy (non-hydrogen) atoms. The molecule has 2 aromatic carbocycles. The molecule has 0 aliphatic rings. The van der Waals surface area contributed by atoms with Crippen LogP contribution in [0, 0.1) is 6.92 Å². The number of fused-ring (bicyclic) bond motifs is 1. The molecule has 0 aliphatic heterocycles. The fourth-order valence-electron chi connectivity index (χ4n) is 2.49. The third kappa shape index (κ3) is 3.70. The zero-order valence-corrected chi connectivity index (χ0v) is 14.3. The Balaban J connectivity index is 1.73. The van der Waals surface area contributed by atoms with Gasteiger partial charge < -0.3 is 9.73 Å². The van der Waals surface area contributed by atoms with Gasteiger partial charge in [-0.1, -0.05) is 24.3 Å². The summed E-state index contributed by atoms with van der Waals surface area (Å²) < 4.78 is 43.7. The number of anilines is 1. The summed E-state index contributed by atoms with van der Waals surface area (Å²) in [6, 6.07) is 11.7. The number of para-hydroxylation sites is 1. The first kappa shape index (κ1) is 17.9. The highest BCUT2D eigenvalue weighted by Crippen LogP contribution is 2.30. The second kappa shape index (κ2) is 6.80. The second-order valence-corrected chi connectivity index (χ2v) is 5.95. The lowest BCUT2D eigenvalue weighted by Gasteiger charge is -2.11. The Morgan fingerprint density at radius 1 is 1.12 bits per heavy atom. The van der Waals surface area contributed by atoms with Gasteiger partial charge in [-0.15, -0.1) is 0 Å². The van der Waals surface area contributed by atoms with E-state index in [1.807, 2.05) is 12.1 Å². The zero-order valence-electron chi connectivity index (χ0n) is 13.5. The second-order valence-electron chi connectivity index (χ2n) is 5.54. The number of nitrogens with one attached hydrogen (secondary N) is 2. The molecule has 0 radical (unpaired) electrons. The number of halogens is 3. The van der Waals surface area contributed by atoms with Crippen LogP contribution in [0.15, 0.2) is 52.9 Å². The van der Waals surface area contributed by atoms with Crippen LogP contribution in [0.5, 0.6) is 0 Å². The van der Waals surface area contributed by atoms with Crippen LogP contribution in [0.25, 0.3) is 11.0 Å². The number of hydrogen-bond acceptors (Lipinski definition) is 3. The number of carbonyl (C=O) groups is 1. The van der Waals surface area contributed by atoms with E-state index in [-0.39, 0.29) is 16.6 Å². The highest BCUT2D eigenvalue weighted by molar-refractivity contribution is 7.80. The van der Waals surface area contributed by atoms with Crippen LogP contribution in [-0.4, -0.2) is 11.0 Å². The van der Waals surface area contributed by atoms with Crippen LogP contribution in [0.4, 0.5) is 18.9 Å². The number of benzene rings is 2. The normalized spacial score (nSPS) is 11.4. The van der Waals surface area contributed by atoms with Crippen LogP contribution in [0.1, 0.15) is 21.7 Å². The molecule has 0 unspecified atom stereocenters. The Morgan fingerprint density at radius 3 is 2.54 bits per heavy atom. The maximum Gasteiger partial charge on any atom is 0.416 e. The molecule has 0 saturated heterocycles. The SMILES string of the molecule is Cc1c(C(=O)NC(=S)Nc2cccc(C(F)(F)F)c2)oc2ccccc12. The fraction of sp³-hybridized carbons (Fsp3) is 0.111. The molecule has 134 valence electrons. The number of thiocarbonyl (C=S) groups is 1. The fourth-order valence-corrected chi connectivity index (χ4v) is 2.70. The van der Waals surface area contributed by atoms with E-state index < -0.39 is 17.6 Å². The number of hydrogen-bond donors (Lipinski definition) is 2. The summed E-state index contributed by atoms with van der Waals surface area (Å²) >= 11 is 5.01. The Morgan fingerprint density at radius 2 is 1.85 bits per heavy atom. The number of furan rings is 1. The summed E-state index contributed by atoms with van der Waals surface area (Å²) in [7, 11) is 0. The molecule has 0 bridgehead atoms. The van der Waals surface area contributed by atoms with Crippen molar-refractivity contribution in [3.8, 4) is 0 Å². The van der Waals surface area contributed by atoms with Gasteiger partial charge in [-0.25, -0.2) is 0 Å². The van der Waals surface area contributed by atoms with E-state index in [2.05, 4.69) is 10.6 Å². The van der Waals surface area contributed by atoms with Crippen molar-refractivity contribution < 1.29 is 22.4 Å². The quantitative estimate of drug-likeness (QED) is 0.624. The van der Waals surface area contributed by atoms with Crippen LogP contribution >= 0.6 is 12.2 Å². The van der Waals surface area contributed by atoms with Gasteiger partial charge in [0.05, 0.1) is 5.56 Å². The average molecular weight is 378 g/mol. The van der Waals surface area contributed by atoms with Gasteiger partial charge in [0.15, 0.2) is 10.9 Å². The highest BCUT2D eigenvalue weighted by atomic mass is 32.1. The number of carbonyl (C=O) groups excluding carboxylic acids is 1. The molecule has 4 nitrogen and oxygen atoms in total. The van der Waals surface area contributed by atoms with Gasteiger partial charge in [-0.2, -0.15) is 13.2 Å². The predicted molar refractivity (Wildman–Crippen MR) is 96.1 cm³/mol. The minimum Gasteiger partial charge on any atom is -0.451 e. The van der Waals surface area contributed by atoms with E-state index in [1.54, 1.807) is 19.1 Å². The van der Waals surface area contributed by atoms with Crippen LogP contribution in [0.3, 0.4) is 0 Å². The lowest BCUT2D eigenvalue weighted by molar-refractivity contribution is -0.137. The molecule has 0 aliphatic carbocycles. The van der Waals surface area contributed by atoms with Gasteiger partial charge >= 0.3 is 6.18 Å². The molecular formula is C18H13F3N2O2S. The van der Waals surface area contributed by atoms with Crippen LogP contribution in [-0.2, 0) is 6.18 Å².